The normalized spacial score (nSPS) is 12.8. The number of aryl methyl sites for hydroxylation is 1. The number of hydrogen-bond acceptors (Lipinski definition) is 5. The maximum Gasteiger partial charge on any atom is 0.573 e. The van der Waals surface area contributed by atoms with Crippen LogP contribution < -0.4 is 10.2 Å². The number of ether oxygens (including phenoxy) is 1. The van der Waals surface area contributed by atoms with Crippen molar-refractivity contribution in [1.29, 1.82) is 0 Å². The molecule has 1 heterocycles. The fraction of sp³-hybridized carbons (Fsp3) is 0.214. The van der Waals surface area contributed by atoms with Crippen LogP contribution in [0.15, 0.2) is 35.6 Å². The van der Waals surface area contributed by atoms with E-state index in [1.165, 1.54) is 19.1 Å². The first-order valence-electron chi connectivity index (χ1n) is 6.72. The Morgan fingerprint density at radius 2 is 1.73 bits per heavy atom. The highest BCUT2D eigenvalue weighted by molar-refractivity contribution is 9.18. The maximum absolute atomic E-state index is 12.3. The summed E-state index contributed by atoms with van der Waals surface area (Å²) in [5, 5.41) is 3.09. The van der Waals surface area contributed by atoms with Gasteiger partial charge in [0, 0.05) is 5.56 Å². The van der Waals surface area contributed by atoms with Crippen LogP contribution in [0, 0.1) is 6.92 Å². The Hall–Kier alpha value is -2.37. The molecule has 0 saturated carbocycles. The van der Waals surface area contributed by atoms with Gasteiger partial charge in [0.2, 0.25) is 4.62 Å². The number of nitrogens with zero attached hydrogens (tertiary/aromatic N) is 3. The summed E-state index contributed by atoms with van der Waals surface area (Å²) in [5.74, 6) is -0.430. The van der Waals surface area contributed by atoms with Crippen LogP contribution in [0.5, 0.6) is 5.75 Å². The van der Waals surface area contributed by atoms with E-state index in [4.69, 9.17) is 0 Å². The maximum atomic E-state index is 12.3. The summed E-state index contributed by atoms with van der Waals surface area (Å²) in [5.41, 5.74) is 3.23. The van der Waals surface area contributed by atoms with E-state index in [1.54, 1.807) is 0 Å². The summed E-state index contributed by atoms with van der Waals surface area (Å²) < 4.78 is 75.9. The van der Waals surface area contributed by atoms with Gasteiger partial charge in [0.25, 0.3) is 0 Å². The zero-order valence-corrected chi connectivity index (χ0v) is 14.4. The molecule has 140 valence electrons. The van der Waals surface area contributed by atoms with E-state index in [-0.39, 0.29) is 5.82 Å². The molecular formula is C14H9BrF6N4O. The predicted octanol–water partition coefficient (Wildman–Crippen LogP) is 5.03. The first-order valence-corrected chi connectivity index (χ1v) is 7.51. The molecule has 26 heavy (non-hydrogen) atoms. The molecule has 12 heteroatoms. The SMILES string of the molecule is Cc1nc(N/N=C(\Br)C(F)(F)F)cnc1-c1ccc(OC(F)(F)F)cc1. The predicted molar refractivity (Wildman–Crippen MR) is 84.9 cm³/mol. The molecule has 1 aromatic heterocycles. The summed E-state index contributed by atoms with van der Waals surface area (Å²) in [4.78, 5) is 8.04. The molecule has 0 bridgehead atoms. The molecule has 0 aliphatic carbocycles. The molecule has 0 fully saturated rings. The number of benzene rings is 1. The Morgan fingerprint density at radius 1 is 1.12 bits per heavy atom. The number of alkyl halides is 6. The van der Waals surface area contributed by atoms with E-state index in [0.717, 1.165) is 18.3 Å². The van der Waals surface area contributed by atoms with Crippen LogP contribution in [-0.2, 0) is 0 Å². The molecule has 1 N–H and O–H groups in total. The molecule has 0 unspecified atom stereocenters. The topological polar surface area (TPSA) is 59.4 Å². The first kappa shape index (κ1) is 19.9. The minimum Gasteiger partial charge on any atom is -0.406 e. The monoisotopic (exact) mass is 442 g/mol. The van der Waals surface area contributed by atoms with Gasteiger partial charge in [0.15, 0.2) is 5.82 Å². The van der Waals surface area contributed by atoms with Crippen LogP contribution >= 0.6 is 15.9 Å². The third-order valence-electron chi connectivity index (χ3n) is 2.81. The lowest BCUT2D eigenvalue weighted by atomic mass is 10.1. The van der Waals surface area contributed by atoms with Crippen molar-refractivity contribution in [2.45, 2.75) is 19.5 Å². The molecule has 5 nitrogen and oxygen atoms in total. The van der Waals surface area contributed by atoms with E-state index >= 15 is 0 Å². The second-order valence-electron chi connectivity index (χ2n) is 4.77. The summed E-state index contributed by atoms with van der Waals surface area (Å²) in [7, 11) is 0. The Balaban J connectivity index is 2.17. The Kier molecular flexibility index (Phi) is 5.74. The number of hydrogen-bond donors (Lipinski definition) is 1. The van der Waals surface area contributed by atoms with E-state index < -0.39 is 22.9 Å². The molecule has 0 atom stereocenters. The van der Waals surface area contributed by atoms with Crippen LogP contribution in [0.3, 0.4) is 0 Å². The molecule has 0 amide bonds. The average Bonchev–Trinajstić information content (AvgIpc) is 2.51. The van der Waals surface area contributed by atoms with Crippen molar-refractivity contribution in [3.63, 3.8) is 0 Å². The van der Waals surface area contributed by atoms with Gasteiger partial charge in [0.1, 0.15) is 5.75 Å². The van der Waals surface area contributed by atoms with Gasteiger partial charge in [-0.1, -0.05) is 0 Å². The third kappa shape index (κ3) is 5.58. The van der Waals surface area contributed by atoms with Gasteiger partial charge in [-0.15, -0.1) is 13.2 Å². The van der Waals surface area contributed by atoms with Gasteiger partial charge < -0.3 is 4.74 Å². The second-order valence-corrected chi connectivity index (χ2v) is 5.52. The van der Waals surface area contributed by atoms with Crippen molar-refractivity contribution in [3.8, 4) is 17.0 Å². The number of rotatable bonds is 4. The molecule has 0 saturated heterocycles. The van der Waals surface area contributed by atoms with Gasteiger partial charge in [-0.05, 0) is 47.1 Å². The molecule has 0 aliphatic heterocycles. The van der Waals surface area contributed by atoms with Crippen LogP contribution in [0.4, 0.5) is 32.2 Å². The van der Waals surface area contributed by atoms with Crippen molar-refractivity contribution >= 4 is 26.4 Å². The second kappa shape index (κ2) is 7.48. The number of anilines is 1. The summed E-state index contributed by atoms with van der Waals surface area (Å²) in [6.07, 6.45) is -8.30. The van der Waals surface area contributed by atoms with Crippen molar-refractivity contribution in [1.82, 2.24) is 9.97 Å². The Labute approximate surface area is 151 Å². The highest BCUT2D eigenvalue weighted by Crippen LogP contribution is 2.27. The van der Waals surface area contributed by atoms with E-state index in [2.05, 4.69) is 41.2 Å². The zero-order valence-electron chi connectivity index (χ0n) is 12.8. The van der Waals surface area contributed by atoms with E-state index in [1.807, 2.05) is 0 Å². The molecule has 0 aliphatic rings. The summed E-state index contributed by atoms with van der Waals surface area (Å²) in [6, 6.07) is 4.93. The van der Waals surface area contributed by atoms with E-state index in [9.17, 15) is 26.3 Å². The van der Waals surface area contributed by atoms with Crippen LogP contribution in [0.25, 0.3) is 11.3 Å². The first-order chi connectivity index (χ1) is 12.0. The Bertz CT molecular complexity index is 805. The average molecular weight is 443 g/mol. The van der Waals surface area contributed by atoms with Crippen LogP contribution in [0.1, 0.15) is 5.69 Å². The molecule has 0 radical (unpaired) electrons. The largest absolute Gasteiger partial charge is 0.573 e. The fourth-order valence-corrected chi connectivity index (χ4v) is 1.89. The number of nitrogens with one attached hydrogen (secondary N) is 1. The number of halogens is 7. The van der Waals surface area contributed by atoms with Gasteiger partial charge in [-0.3, -0.25) is 10.4 Å². The molecule has 2 rings (SSSR count). The summed E-state index contributed by atoms with van der Waals surface area (Å²) in [6.45, 7) is 1.54. The van der Waals surface area contributed by atoms with Gasteiger partial charge in [0.05, 0.1) is 17.6 Å². The lowest BCUT2D eigenvalue weighted by Crippen LogP contribution is -2.18. The molecule has 0 spiro atoms. The van der Waals surface area contributed by atoms with Crippen molar-refractivity contribution < 1.29 is 31.1 Å². The minimum absolute atomic E-state index is 0.0375. The highest BCUT2D eigenvalue weighted by atomic mass is 79.9. The fourth-order valence-electron chi connectivity index (χ4n) is 1.80. The Morgan fingerprint density at radius 3 is 2.23 bits per heavy atom. The third-order valence-corrected chi connectivity index (χ3v) is 3.44. The standard InChI is InChI=1S/C14H9BrF6N4O/c1-7-11(8-2-4-9(5-3-8)26-14(19,20)21)22-6-10(23-7)24-25-12(15)13(16,17)18/h2-6H,1H3,(H,23,24)/b25-12-. The number of hydrazone groups is 1. The number of aromatic nitrogens is 2. The van der Waals surface area contributed by atoms with Crippen molar-refractivity contribution in [2.75, 3.05) is 5.43 Å². The van der Waals surface area contributed by atoms with Crippen molar-refractivity contribution in [2.24, 2.45) is 5.10 Å². The lowest BCUT2D eigenvalue weighted by Gasteiger charge is -2.10. The van der Waals surface area contributed by atoms with Gasteiger partial charge >= 0.3 is 12.5 Å². The van der Waals surface area contributed by atoms with Crippen LogP contribution in [-0.4, -0.2) is 27.1 Å². The van der Waals surface area contributed by atoms with Crippen LogP contribution in [0.2, 0.25) is 0 Å². The smallest absolute Gasteiger partial charge is 0.406 e. The zero-order chi connectivity index (χ0) is 19.5. The molecule has 2 aromatic rings. The minimum atomic E-state index is -4.80. The van der Waals surface area contributed by atoms with Gasteiger partial charge in [-0.2, -0.15) is 18.3 Å². The highest BCUT2D eigenvalue weighted by Gasteiger charge is 2.34. The lowest BCUT2D eigenvalue weighted by molar-refractivity contribution is -0.274. The van der Waals surface area contributed by atoms with Crippen molar-refractivity contribution in [3.05, 3.63) is 36.2 Å². The quantitative estimate of drug-likeness (QED) is 0.409. The molecular weight excluding hydrogens is 434 g/mol. The molecule has 1 aromatic carbocycles. The van der Waals surface area contributed by atoms with E-state index in [0.29, 0.717) is 17.0 Å². The summed E-state index contributed by atoms with van der Waals surface area (Å²) >= 11 is 2.28. The van der Waals surface area contributed by atoms with Gasteiger partial charge in [-0.25, -0.2) is 4.98 Å².